The molecule has 1 aliphatic heterocycles. The van der Waals surface area contributed by atoms with Crippen LogP contribution in [0.15, 0.2) is 46.9 Å². The van der Waals surface area contributed by atoms with Gasteiger partial charge in [0.05, 0.1) is 6.54 Å². The number of aliphatic hydroxyl groups is 1. The maximum atomic E-state index is 9.00. The molecule has 1 atom stereocenters. The lowest BCUT2D eigenvalue weighted by Crippen LogP contribution is -2.19. The highest BCUT2D eigenvalue weighted by atomic mass is 16.4. The number of rotatable bonds is 4. The molecule has 3 rings (SSSR count). The molecular weight excluding hydrogens is 238 g/mol. The summed E-state index contributed by atoms with van der Waals surface area (Å²) < 4.78 is 5.54. The molecule has 1 aromatic heterocycles. The van der Waals surface area contributed by atoms with E-state index in [0.29, 0.717) is 11.7 Å². The molecule has 0 saturated carbocycles. The zero-order chi connectivity index (χ0) is 13.1. The molecule has 1 aliphatic rings. The Hall–Kier alpha value is -1.58. The van der Waals surface area contributed by atoms with Gasteiger partial charge in [0.1, 0.15) is 18.1 Å². The third-order valence-corrected chi connectivity index (χ3v) is 3.80. The molecule has 1 saturated heterocycles. The third-order valence-electron chi connectivity index (χ3n) is 3.80. The highest BCUT2D eigenvalue weighted by Crippen LogP contribution is 2.28. The van der Waals surface area contributed by atoms with E-state index in [9.17, 15) is 0 Å². The molecule has 2 heterocycles. The second-order valence-electron chi connectivity index (χ2n) is 5.16. The molecular formula is C16H19NO2. The van der Waals surface area contributed by atoms with Crippen LogP contribution in [0.3, 0.4) is 0 Å². The van der Waals surface area contributed by atoms with Crippen molar-refractivity contribution in [3.05, 3.63) is 59.5 Å². The monoisotopic (exact) mass is 257 g/mol. The van der Waals surface area contributed by atoms with E-state index in [1.54, 1.807) is 0 Å². The second kappa shape index (κ2) is 5.59. The summed E-state index contributed by atoms with van der Waals surface area (Å²) in [7, 11) is 0. The molecule has 19 heavy (non-hydrogen) atoms. The molecule has 1 aromatic carbocycles. The van der Waals surface area contributed by atoms with E-state index in [4.69, 9.17) is 9.52 Å². The fraction of sp³-hybridized carbons (Fsp3) is 0.375. The molecule has 1 unspecified atom stereocenters. The largest absolute Gasteiger partial charge is 0.462 e. The van der Waals surface area contributed by atoms with Crippen LogP contribution >= 0.6 is 0 Å². The Labute approximate surface area is 113 Å². The number of benzene rings is 1. The number of nitrogens with zero attached hydrogens (tertiary/aromatic N) is 1. The highest BCUT2D eigenvalue weighted by Gasteiger charge is 2.24. The van der Waals surface area contributed by atoms with Crippen molar-refractivity contribution in [3.8, 4) is 0 Å². The lowest BCUT2D eigenvalue weighted by Gasteiger charge is -2.14. The van der Waals surface area contributed by atoms with Crippen molar-refractivity contribution in [2.75, 3.05) is 13.1 Å². The fourth-order valence-corrected chi connectivity index (χ4v) is 2.79. The Kier molecular flexibility index (Phi) is 3.67. The van der Waals surface area contributed by atoms with E-state index in [2.05, 4.69) is 35.2 Å². The van der Waals surface area contributed by atoms with Crippen molar-refractivity contribution < 1.29 is 9.52 Å². The predicted molar refractivity (Wildman–Crippen MR) is 73.7 cm³/mol. The first-order chi connectivity index (χ1) is 9.35. The number of aliphatic hydroxyl groups excluding tert-OH is 1. The molecule has 3 nitrogen and oxygen atoms in total. The first-order valence-electron chi connectivity index (χ1n) is 6.81. The van der Waals surface area contributed by atoms with Gasteiger partial charge in [-0.25, -0.2) is 0 Å². The topological polar surface area (TPSA) is 36.6 Å². The van der Waals surface area contributed by atoms with E-state index in [1.807, 2.05) is 12.1 Å². The minimum Gasteiger partial charge on any atom is -0.462 e. The Morgan fingerprint density at radius 2 is 1.89 bits per heavy atom. The molecule has 0 radical (unpaired) electrons. The normalized spacial score (nSPS) is 19.9. The van der Waals surface area contributed by atoms with Crippen molar-refractivity contribution in [1.82, 2.24) is 4.90 Å². The van der Waals surface area contributed by atoms with Gasteiger partial charge in [0.15, 0.2) is 0 Å². The van der Waals surface area contributed by atoms with E-state index >= 15 is 0 Å². The van der Waals surface area contributed by atoms with Crippen LogP contribution in [0.5, 0.6) is 0 Å². The molecule has 2 aromatic rings. The van der Waals surface area contributed by atoms with Gasteiger partial charge in [0.25, 0.3) is 0 Å². The molecule has 100 valence electrons. The summed E-state index contributed by atoms with van der Waals surface area (Å²) in [4.78, 5) is 2.41. The van der Waals surface area contributed by atoms with Crippen LogP contribution in [-0.2, 0) is 13.2 Å². The van der Waals surface area contributed by atoms with E-state index in [0.717, 1.165) is 25.4 Å². The van der Waals surface area contributed by atoms with E-state index in [1.165, 1.54) is 12.0 Å². The summed E-state index contributed by atoms with van der Waals surface area (Å²) in [6, 6.07) is 14.5. The van der Waals surface area contributed by atoms with Gasteiger partial charge in [-0.15, -0.1) is 0 Å². The lowest BCUT2D eigenvalue weighted by molar-refractivity contribution is 0.232. The number of hydrogen-bond acceptors (Lipinski definition) is 3. The molecule has 0 spiro atoms. The number of furan rings is 1. The summed E-state index contributed by atoms with van der Waals surface area (Å²) in [5, 5.41) is 9.00. The summed E-state index contributed by atoms with van der Waals surface area (Å²) in [5.41, 5.74) is 1.43. The van der Waals surface area contributed by atoms with Gasteiger partial charge in [0, 0.05) is 6.54 Å². The van der Waals surface area contributed by atoms with Gasteiger partial charge in [-0.3, -0.25) is 4.90 Å². The van der Waals surface area contributed by atoms with Crippen molar-refractivity contribution in [2.24, 2.45) is 0 Å². The molecule has 0 aliphatic carbocycles. The van der Waals surface area contributed by atoms with E-state index in [-0.39, 0.29) is 6.61 Å². The summed E-state index contributed by atoms with van der Waals surface area (Å²) in [5.74, 6) is 2.22. The number of likely N-dealkylation sites (tertiary alicyclic amines) is 1. The third kappa shape index (κ3) is 2.88. The minimum atomic E-state index is -0.0212. The molecule has 0 bridgehead atoms. The first kappa shape index (κ1) is 12.5. The van der Waals surface area contributed by atoms with Gasteiger partial charge in [0.2, 0.25) is 0 Å². The van der Waals surface area contributed by atoms with Crippen molar-refractivity contribution in [1.29, 1.82) is 0 Å². The van der Waals surface area contributed by atoms with Crippen LogP contribution in [0.2, 0.25) is 0 Å². The van der Waals surface area contributed by atoms with Crippen LogP contribution in [0.25, 0.3) is 0 Å². The van der Waals surface area contributed by atoms with Crippen LogP contribution < -0.4 is 0 Å². The maximum absolute atomic E-state index is 9.00. The standard InChI is InChI=1S/C16H19NO2/c18-12-16-7-6-15(19-16)11-17-9-8-14(10-17)13-4-2-1-3-5-13/h1-7,14,18H,8-12H2. The van der Waals surface area contributed by atoms with Gasteiger partial charge in [-0.2, -0.15) is 0 Å². The minimum absolute atomic E-state index is 0.0212. The lowest BCUT2D eigenvalue weighted by atomic mass is 9.99. The van der Waals surface area contributed by atoms with Gasteiger partial charge in [-0.1, -0.05) is 30.3 Å². The van der Waals surface area contributed by atoms with Gasteiger partial charge in [-0.05, 0) is 36.6 Å². The van der Waals surface area contributed by atoms with Crippen molar-refractivity contribution in [3.63, 3.8) is 0 Å². The van der Waals surface area contributed by atoms with E-state index < -0.39 is 0 Å². The smallest absolute Gasteiger partial charge is 0.129 e. The average Bonchev–Trinajstić information content (AvgIpc) is 3.09. The predicted octanol–water partition coefficient (Wildman–Crippen LogP) is 2.76. The Balaban J connectivity index is 1.60. The summed E-state index contributed by atoms with van der Waals surface area (Å²) in [6.07, 6.45) is 1.21. The zero-order valence-corrected chi connectivity index (χ0v) is 11.0. The second-order valence-corrected chi connectivity index (χ2v) is 5.16. The summed E-state index contributed by atoms with van der Waals surface area (Å²) >= 11 is 0. The first-order valence-corrected chi connectivity index (χ1v) is 6.81. The maximum Gasteiger partial charge on any atom is 0.129 e. The molecule has 0 amide bonds. The van der Waals surface area contributed by atoms with Crippen molar-refractivity contribution in [2.45, 2.75) is 25.5 Å². The Morgan fingerprint density at radius 1 is 1.11 bits per heavy atom. The van der Waals surface area contributed by atoms with Gasteiger partial charge >= 0.3 is 0 Å². The quantitative estimate of drug-likeness (QED) is 0.915. The van der Waals surface area contributed by atoms with Crippen LogP contribution in [-0.4, -0.2) is 23.1 Å². The molecule has 1 fully saturated rings. The summed E-state index contributed by atoms with van der Waals surface area (Å²) in [6.45, 7) is 3.00. The fourth-order valence-electron chi connectivity index (χ4n) is 2.79. The van der Waals surface area contributed by atoms with Crippen molar-refractivity contribution >= 4 is 0 Å². The highest BCUT2D eigenvalue weighted by molar-refractivity contribution is 5.21. The Bertz CT molecular complexity index is 521. The van der Waals surface area contributed by atoms with Crippen LogP contribution in [0.1, 0.15) is 29.4 Å². The van der Waals surface area contributed by atoms with Gasteiger partial charge < -0.3 is 9.52 Å². The average molecular weight is 257 g/mol. The SMILES string of the molecule is OCc1ccc(CN2CCC(c3ccccc3)C2)o1. The molecule has 1 N–H and O–H groups in total. The van der Waals surface area contributed by atoms with Crippen LogP contribution in [0.4, 0.5) is 0 Å². The molecule has 3 heteroatoms. The number of hydrogen-bond donors (Lipinski definition) is 1. The Morgan fingerprint density at radius 3 is 2.63 bits per heavy atom. The zero-order valence-electron chi connectivity index (χ0n) is 11.0. The van der Waals surface area contributed by atoms with Crippen LogP contribution in [0, 0.1) is 0 Å².